The molecule has 1 rings (SSSR count). The zero-order valence-electron chi connectivity index (χ0n) is 10.4. The average Bonchev–Trinajstić information content (AvgIpc) is 2.29. The highest BCUT2D eigenvalue weighted by molar-refractivity contribution is 5.85. The molecule has 0 saturated heterocycles. The second-order valence-electron chi connectivity index (χ2n) is 3.78. The van der Waals surface area contributed by atoms with Crippen LogP contribution in [0.25, 0.3) is 0 Å². The standard InChI is InChI=1S/C12H17F3N2.ClH/c1-3-17(4-2)10-7-5-9(6-8-10)11(16)12(13,14)15;/h5-8,11H,3-4,16H2,1-2H3;1H/t11-;/m1./s1. The van der Waals surface area contributed by atoms with Crippen molar-refractivity contribution < 1.29 is 13.2 Å². The topological polar surface area (TPSA) is 29.3 Å². The van der Waals surface area contributed by atoms with E-state index < -0.39 is 12.2 Å². The number of benzene rings is 1. The van der Waals surface area contributed by atoms with Gasteiger partial charge in [-0.3, -0.25) is 0 Å². The zero-order valence-corrected chi connectivity index (χ0v) is 11.2. The van der Waals surface area contributed by atoms with Gasteiger partial charge in [-0.05, 0) is 31.5 Å². The number of nitrogens with zero attached hydrogens (tertiary/aromatic N) is 1. The van der Waals surface area contributed by atoms with Crippen molar-refractivity contribution in [3.8, 4) is 0 Å². The van der Waals surface area contributed by atoms with Crippen molar-refractivity contribution in [1.29, 1.82) is 0 Å². The first-order valence-electron chi connectivity index (χ1n) is 5.57. The summed E-state index contributed by atoms with van der Waals surface area (Å²) in [7, 11) is 0. The van der Waals surface area contributed by atoms with Crippen molar-refractivity contribution in [3.63, 3.8) is 0 Å². The quantitative estimate of drug-likeness (QED) is 0.915. The number of anilines is 1. The molecule has 0 spiro atoms. The van der Waals surface area contributed by atoms with Gasteiger partial charge < -0.3 is 10.6 Å². The lowest BCUT2D eigenvalue weighted by atomic mass is 10.1. The average molecular weight is 283 g/mol. The molecule has 0 radical (unpaired) electrons. The van der Waals surface area contributed by atoms with Crippen LogP contribution in [-0.2, 0) is 0 Å². The predicted octanol–water partition coefficient (Wildman–Crippen LogP) is 3.52. The van der Waals surface area contributed by atoms with Crippen LogP contribution in [0.15, 0.2) is 24.3 Å². The van der Waals surface area contributed by atoms with E-state index in [4.69, 9.17) is 5.73 Å². The SMILES string of the molecule is CCN(CC)c1ccc([C@@H](N)C(F)(F)F)cc1.Cl. The van der Waals surface area contributed by atoms with E-state index >= 15 is 0 Å². The lowest BCUT2D eigenvalue weighted by Crippen LogP contribution is -2.28. The number of halogens is 4. The van der Waals surface area contributed by atoms with Gasteiger partial charge in [0, 0.05) is 18.8 Å². The third kappa shape index (κ3) is 4.07. The summed E-state index contributed by atoms with van der Waals surface area (Å²) in [6.45, 7) is 5.64. The van der Waals surface area contributed by atoms with E-state index in [1.54, 1.807) is 12.1 Å². The summed E-state index contributed by atoms with van der Waals surface area (Å²) in [4.78, 5) is 2.06. The van der Waals surface area contributed by atoms with Crippen LogP contribution in [-0.4, -0.2) is 19.3 Å². The summed E-state index contributed by atoms with van der Waals surface area (Å²) < 4.78 is 37.2. The van der Waals surface area contributed by atoms with Crippen molar-refractivity contribution in [1.82, 2.24) is 0 Å². The van der Waals surface area contributed by atoms with Crippen LogP contribution in [0.3, 0.4) is 0 Å². The molecule has 0 amide bonds. The zero-order chi connectivity index (χ0) is 13.1. The maximum Gasteiger partial charge on any atom is 0.407 e. The van der Waals surface area contributed by atoms with Crippen molar-refractivity contribution in [2.24, 2.45) is 5.73 Å². The molecule has 0 aliphatic heterocycles. The molecule has 18 heavy (non-hydrogen) atoms. The Balaban J connectivity index is 0.00000289. The molecule has 0 bridgehead atoms. The maximum absolute atomic E-state index is 12.4. The summed E-state index contributed by atoms with van der Waals surface area (Å²) in [5.41, 5.74) is 6.13. The van der Waals surface area contributed by atoms with Gasteiger partial charge in [-0.2, -0.15) is 13.2 Å². The van der Waals surface area contributed by atoms with Gasteiger partial charge in [0.15, 0.2) is 0 Å². The largest absolute Gasteiger partial charge is 0.407 e. The molecule has 0 heterocycles. The second-order valence-corrected chi connectivity index (χ2v) is 3.78. The monoisotopic (exact) mass is 282 g/mol. The smallest absolute Gasteiger partial charge is 0.372 e. The fourth-order valence-corrected chi connectivity index (χ4v) is 1.67. The summed E-state index contributed by atoms with van der Waals surface area (Å²) >= 11 is 0. The van der Waals surface area contributed by atoms with Crippen LogP contribution in [0.5, 0.6) is 0 Å². The van der Waals surface area contributed by atoms with Gasteiger partial charge in [-0.1, -0.05) is 12.1 Å². The van der Waals surface area contributed by atoms with Gasteiger partial charge in [-0.25, -0.2) is 0 Å². The third-order valence-corrected chi connectivity index (χ3v) is 2.73. The Hall–Kier alpha value is -0.940. The molecule has 0 saturated carbocycles. The molecule has 1 aromatic carbocycles. The van der Waals surface area contributed by atoms with E-state index in [0.717, 1.165) is 18.8 Å². The van der Waals surface area contributed by atoms with Gasteiger partial charge in [0.1, 0.15) is 6.04 Å². The molecule has 0 unspecified atom stereocenters. The van der Waals surface area contributed by atoms with E-state index in [9.17, 15) is 13.2 Å². The van der Waals surface area contributed by atoms with Crippen molar-refractivity contribution in [2.75, 3.05) is 18.0 Å². The molecule has 2 nitrogen and oxygen atoms in total. The molecule has 1 atom stereocenters. The first kappa shape index (κ1) is 17.1. The Labute approximate surface area is 111 Å². The lowest BCUT2D eigenvalue weighted by Gasteiger charge is -2.22. The lowest BCUT2D eigenvalue weighted by molar-refractivity contribution is -0.149. The Morgan fingerprint density at radius 1 is 1.11 bits per heavy atom. The number of rotatable bonds is 4. The molecule has 1 aromatic rings. The molecule has 0 fully saturated rings. The molecule has 0 aliphatic carbocycles. The normalized spacial score (nSPS) is 12.8. The summed E-state index contributed by atoms with van der Waals surface area (Å²) in [5, 5.41) is 0. The summed E-state index contributed by atoms with van der Waals surface area (Å²) in [5.74, 6) is 0. The molecular formula is C12H18ClF3N2. The minimum Gasteiger partial charge on any atom is -0.372 e. The van der Waals surface area contributed by atoms with E-state index in [2.05, 4.69) is 4.90 Å². The van der Waals surface area contributed by atoms with Crippen molar-refractivity contribution in [3.05, 3.63) is 29.8 Å². The van der Waals surface area contributed by atoms with Crippen LogP contribution in [0.4, 0.5) is 18.9 Å². The molecular weight excluding hydrogens is 265 g/mol. The van der Waals surface area contributed by atoms with Gasteiger partial charge in [0.2, 0.25) is 0 Å². The molecule has 6 heteroatoms. The maximum atomic E-state index is 12.4. The van der Waals surface area contributed by atoms with E-state index in [1.807, 2.05) is 13.8 Å². The van der Waals surface area contributed by atoms with Gasteiger partial charge in [0.05, 0.1) is 0 Å². The van der Waals surface area contributed by atoms with Gasteiger partial charge >= 0.3 is 6.18 Å². The minimum atomic E-state index is -4.39. The minimum absolute atomic E-state index is 0. The summed E-state index contributed by atoms with van der Waals surface area (Å²) in [6.07, 6.45) is -4.39. The second kappa shape index (κ2) is 6.85. The highest BCUT2D eigenvalue weighted by atomic mass is 35.5. The fourth-order valence-electron chi connectivity index (χ4n) is 1.67. The Kier molecular flexibility index (Phi) is 6.49. The van der Waals surface area contributed by atoms with Crippen molar-refractivity contribution >= 4 is 18.1 Å². The highest BCUT2D eigenvalue weighted by Crippen LogP contribution is 2.31. The Morgan fingerprint density at radius 3 is 1.89 bits per heavy atom. The van der Waals surface area contributed by atoms with Crippen LogP contribution in [0.1, 0.15) is 25.5 Å². The third-order valence-electron chi connectivity index (χ3n) is 2.73. The molecule has 104 valence electrons. The van der Waals surface area contributed by atoms with E-state index in [-0.39, 0.29) is 18.0 Å². The van der Waals surface area contributed by atoms with E-state index in [0.29, 0.717) is 0 Å². The van der Waals surface area contributed by atoms with Crippen LogP contribution < -0.4 is 10.6 Å². The van der Waals surface area contributed by atoms with Crippen LogP contribution in [0.2, 0.25) is 0 Å². The van der Waals surface area contributed by atoms with Gasteiger partial charge in [-0.15, -0.1) is 12.4 Å². The number of hydrogen-bond acceptors (Lipinski definition) is 2. The molecule has 2 N–H and O–H groups in total. The first-order valence-corrected chi connectivity index (χ1v) is 5.57. The molecule has 0 aromatic heterocycles. The van der Waals surface area contributed by atoms with Crippen LogP contribution in [0, 0.1) is 0 Å². The molecule has 0 aliphatic rings. The highest BCUT2D eigenvalue weighted by Gasteiger charge is 2.37. The Bertz CT molecular complexity index is 347. The van der Waals surface area contributed by atoms with Crippen molar-refractivity contribution in [2.45, 2.75) is 26.1 Å². The number of hydrogen-bond donors (Lipinski definition) is 1. The first-order chi connectivity index (χ1) is 7.90. The fraction of sp³-hybridized carbons (Fsp3) is 0.500. The Morgan fingerprint density at radius 2 is 1.56 bits per heavy atom. The van der Waals surface area contributed by atoms with Gasteiger partial charge in [0.25, 0.3) is 0 Å². The summed E-state index contributed by atoms with van der Waals surface area (Å²) in [6, 6.07) is 4.31. The number of alkyl halides is 3. The van der Waals surface area contributed by atoms with E-state index in [1.165, 1.54) is 12.1 Å². The predicted molar refractivity (Wildman–Crippen MR) is 70.2 cm³/mol. The number of nitrogens with two attached hydrogens (primary N) is 1. The van der Waals surface area contributed by atoms with Crippen LogP contribution >= 0.6 is 12.4 Å².